The molecule has 1 aromatic rings. The van der Waals surface area contributed by atoms with Crippen molar-refractivity contribution in [2.45, 2.75) is 70.9 Å². The van der Waals surface area contributed by atoms with Crippen LogP contribution in [-0.2, 0) is 9.59 Å². The van der Waals surface area contributed by atoms with E-state index in [1.165, 1.54) is 0 Å². The van der Waals surface area contributed by atoms with Crippen molar-refractivity contribution in [1.29, 1.82) is 0 Å². The first-order valence-electron chi connectivity index (χ1n) is 12.3. The summed E-state index contributed by atoms with van der Waals surface area (Å²) in [5, 5.41) is 6.00. The number of amides is 3. The lowest BCUT2D eigenvalue weighted by Crippen LogP contribution is -2.55. The van der Waals surface area contributed by atoms with Gasteiger partial charge in [0.05, 0.1) is 0 Å². The van der Waals surface area contributed by atoms with Crippen LogP contribution in [0.15, 0.2) is 18.2 Å². The fourth-order valence-electron chi connectivity index (χ4n) is 4.98. The largest absolute Gasteiger partial charge is 0.454 e. The number of piperidine rings is 1. The van der Waals surface area contributed by atoms with Gasteiger partial charge in [0.15, 0.2) is 11.5 Å². The number of ether oxygens (including phenoxy) is 2. The van der Waals surface area contributed by atoms with Crippen LogP contribution >= 0.6 is 0 Å². The molecular formula is C25H35N3O5. The number of nitrogens with zero attached hydrogens (tertiary/aromatic N) is 1. The van der Waals surface area contributed by atoms with E-state index in [-0.39, 0.29) is 42.4 Å². The molecule has 3 aliphatic rings. The average Bonchev–Trinajstić information content (AvgIpc) is 3.53. The van der Waals surface area contributed by atoms with Crippen molar-refractivity contribution >= 4 is 17.7 Å². The second kappa shape index (κ2) is 10.4. The fraction of sp³-hybridized carbons (Fsp3) is 0.640. The molecule has 2 aliphatic heterocycles. The molecule has 0 aromatic heterocycles. The van der Waals surface area contributed by atoms with Crippen LogP contribution in [0.1, 0.15) is 69.2 Å². The number of carbonyl (C=O) groups excluding carboxylic acids is 3. The van der Waals surface area contributed by atoms with E-state index in [2.05, 4.69) is 10.6 Å². The smallest absolute Gasteiger partial charge is 0.252 e. The van der Waals surface area contributed by atoms with Crippen LogP contribution in [-0.4, -0.2) is 54.6 Å². The number of nitrogens with one attached hydrogen (secondary N) is 2. The second-order valence-electron chi connectivity index (χ2n) is 9.48. The highest BCUT2D eigenvalue weighted by Gasteiger charge is 2.36. The molecule has 0 spiro atoms. The molecule has 2 fully saturated rings. The maximum atomic E-state index is 13.1. The van der Waals surface area contributed by atoms with Crippen LogP contribution in [0, 0.1) is 11.8 Å². The van der Waals surface area contributed by atoms with Crippen molar-refractivity contribution in [2.75, 3.05) is 19.9 Å². The van der Waals surface area contributed by atoms with E-state index in [4.69, 9.17) is 9.47 Å². The SMILES string of the molecule is CC[C@H](C)NC(=O)[C@H](NC(=O)c1ccc2c(c1)OCO2)C1CCN(C(=O)C2CCCC2)CC1. The van der Waals surface area contributed by atoms with Gasteiger partial charge in [0.2, 0.25) is 18.6 Å². The molecule has 1 aliphatic carbocycles. The zero-order valence-corrected chi connectivity index (χ0v) is 19.6. The average molecular weight is 458 g/mol. The number of rotatable bonds is 7. The van der Waals surface area contributed by atoms with Crippen molar-refractivity contribution in [3.05, 3.63) is 23.8 Å². The van der Waals surface area contributed by atoms with Gasteiger partial charge in [0.1, 0.15) is 6.04 Å². The summed E-state index contributed by atoms with van der Waals surface area (Å²) in [5.41, 5.74) is 0.425. The van der Waals surface area contributed by atoms with Gasteiger partial charge in [0.25, 0.3) is 5.91 Å². The number of hydrogen-bond donors (Lipinski definition) is 2. The summed E-state index contributed by atoms with van der Waals surface area (Å²) in [7, 11) is 0. The standard InChI is InChI=1S/C25H35N3O5/c1-3-16(2)26-24(30)22(27-23(29)19-8-9-20-21(14-19)33-15-32-20)17-10-12-28(13-11-17)25(31)18-6-4-5-7-18/h8-9,14,16-18,22H,3-7,10-13,15H2,1-2H3,(H,26,30)(H,27,29)/t16-,22+/m0/s1. The van der Waals surface area contributed by atoms with Crippen LogP contribution in [0.2, 0.25) is 0 Å². The highest BCUT2D eigenvalue weighted by atomic mass is 16.7. The maximum absolute atomic E-state index is 13.1. The summed E-state index contributed by atoms with van der Waals surface area (Å²) in [6.45, 7) is 5.37. The van der Waals surface area contributed by atoms with Gasteiger partial charge in [-0.3, -0.25) is 14.4 Å². The van der Waals surface area contributed by atoms with Gasteiger partial charge in [-0.25, -0.2) is 0 Å². The van der Waals surface area contributed by atoms with Gasteiger partial charge in [-0.15, -0.1) is 0 Å². The molecule has 2 atom stereocenters. The topological polar surface area (TPSA) is 97.0 Å². The molecule has 1 saturated heterocycles. The molecule has 2 N–H and O–H groups in total. The minimum absolute atomic E-state index is 0.0199. The van der Waals surface area contributed by atoms with Gasteiger partial charge in [-0.2, -0.15) is 0 Å². The quantitative estimate of drug-likeness (QED) is 0.656. The molecule has 1 aromatic carbocycles. The fourth-order valence-corrected chi connectivity index (χ4v) is 4.98. The zero-order valence-electron chi connectivity index (χ0n) is 19.6. The molecule has 4 rings (SSSR count). The van der Waals surface area contributed by atoms with Crippen LogP contribution in [0.3, 0.4) is 0 Å². The number of hydrogen-bond acceptors (Lipinski definition) is 5. The second-order valence-corrected chi connectivity index (χ2v) is 9.48. The Hall–Kier alpha value is -2.77. The van der Waals surface area contributed by atoms with Crippen molar-refractivity contribution in [1.82, 2.24) is 15.5 Å². The van der Waals surface area contributed by atoms with Crippen molar-refractivity contribution in [3.8, 4) is 11.5 Å². The molecule has 0 bridgehead atoms. The van der Waals surface area contributed by atoms with Crippen molar-refractivity contribution < 1.29 is 23.9 Å². The van der Waals surface area contributed by atoms with E-state index in [1.807, 2.05) is 18.7 Å². The van der Waals surface area contributed by atoms with E-state index in [0.717, 1.165) is 32.1 Å². The molecule has 0 unspecified atom stereocenters. The summed E-state index contributed by atoms with van der Waals surface area (Å²) in [5.74, 6) is 1.05. The molecule has 180 valence electrons. The summed E-state index contributed by atoms with van der Waals surface area (Å²) in [6.07, 6.45) is 6.45. The molecule has 8 nitrogen and oxygen atoms in total. The highest BCUT2D eigenvalue weighted by molar-refractivity contribution is 5.98. The van der Waals surface area contributed by atoms with Gasteiger partial charge >= 0.3 is 0 Å². The van der Waals surface area contributed by atoms with E-state index in [1.54, 1.807) is 18.2 Å². The van der Waals surface area contributed by atoms with Crippen molar-refractivity contribution in [3.63, 3.8) is 0 Å². The third-order valence-corrected chi connectivity index (χ3v) is 7.23. The Bertz CT molecular complexity index is 875. The Morgan fingerprint density at radius 1 is 1.03 bits per heavy atom. The lowest BCUT2D eigenvalue weighted by molar-refractivity contribution is -0.137. The molecule has 3 amide bonds. The van der Waals surface area contributed by atoms with E-state index in [0.29, 0.717) is 43.0 Å². The first-order chi connectivity index (χ1) is 16.0. The Labute approximate surface area is 195 Å². The van der Waals surface area contributed by atoms with Crippen LogP contribution in [0.5, 0.6) is 11.5 Å². The van der Waals surface area contributed by atoms with Crippen LogP contribution < -0.4 is 20.1 Å². The normalized spacial score (nSPS) is 20.4. The summed E-state index contributed by atoms with van der Waals surface area (Å²) in [4.78, 5) is 41.0. The third kappa shape index (κ3) is 5.42. The van der Waals surface area contributed by atoms with Crippen LogP contribution in [0.4, 0.5) is 0 Å². The first-order valence-corrected chi connectivity index (χ1v) is 12.3. The van der Waals surface area contributed by atoms with E-state index >= 15 is 0 Å². The van der Waals surface area contributed by atoms with Gasteiger partial charge in [0, 0.05) is 30.6 Å². The van der Waals surface area contributed by atoms with E-state index in [9.17, 15) is 14.4 Å². The summed E-state index contributed by atoms with van der Waals surface area (Å²) in [6, 6.07) is 4.39. The Kier molecular flexibility index (Phi) is 7.40. The number of likely N-dealkylation sites (tertiary alicyclic amines) is 1. The zero-order chi connectivity index (χ0) is 23.4. The Balaban J connectivity index is 1.43. The minimum Gasteiger partial charge on any atom is -0.454 e. The minimum atomic E-state index is -0.652. The predicted molar refractivity (Wildman–Crippen MR) is 123 cm³/mol. The lowest BCUT2D eigenvalue weighted by atomic mass is 9.87. The monoisotopic (exact) mass is 457 g/mol. The third-order valence-electron chi connectivity index (χ3n) is 7.23. The summed E-state index contributed by atoms with van der Waals surface area (Å²) >= 11 is 0. The maximum Gasteiger partial charge on any atom is 0.252 e. The van der Waals surface area contributed by atoms with E-state index < -0.39 is 6.04 Å². The Morgan fingerprint density at radius 2 is 1.73 bits per heavy atom. The highest BCUT2D eigenvalue weighted by Crippen LogP contribution is 2.33. The van der Waals surface area contributed by atoms with Gasteiger partial charge < -0.3 is 25.0 Å². The van der Waals surface area contributed by atoms with Crippen LogP contribution in [0.25, 0.3) is 0 Å². The first kappa shape index (κ1) is 23.4. The predicted octanol–water partition coefficient (Wildman–Crippen LogP) is 2.86. The summed E-state index contributed by atoms with van der Waals surface area (Å²) < 4.78 is 10.7. The van der Waals surface area contributed by atoms with Gasteiger partial charge in [-0.05, 0) is 63.1 Å². The number of fused-ring (bicyclic) bond motifs is 1. The molecular weight excluding hydrogens is 422 g/mol. The molecule has 33 heavy (non-hydrogen) atoms. The molecule has 8 heteroatoms. The Morgan fingerprint density at radius 3 is 2.42 bits per heavy atom. The molecule has 1 saturated carbocycles. The molecule has 0 radical (unpaired) electrons. The number of carbonyl (C=O) groups is 3. The lowest BCUT2D eigenvalue weighted by Gasteiger charge is -2.37. The molecule has 2 heterocycles. The van der Waals surface area contributed by atoms with Crippen molar-refractivity contribution in [2.24, 2.45) is 11.8 Å². The number of benzene rings is 1. The van der Waals surface area contributed by atoms with Gasteiger partial charge in [-0.1, -0.05) is 19.8 Å².